The minimum absolute atomic E-state index is 0.353. The maximum absolute atomic E-state index is 6.44. The molecule has 6 heteroatoms. The van der Waals surface area contributed by atoms with Crippen LogP contribution in [0.3, 0.4) is 0 Å². The van der Waals surface area contributed by atoms with Gasteiger partial charge in [-0.1, -0.05) is 48.5 Å². The second kappa shape index (κ2) is 7.57. The van der Waals surface area contributed by atoms with Crippen molar-refractivity contribution < 1.29 is 0 Å². The van der Waals surface area contributed by atoms with E-state index < -0.39 is 0 Å². The Balaban J connectivity index is 1.43. The highest BCUT2D eigenvalue weighted by Gasteiger charge is 2.19. The maximum Gasteiger partial charge on any atom is 0.150 e. The molecule has 3 aromatic heterocycles. The molecule has 0 amide bonds. The number of rotatable bonds is 3. The zero-order valence-electron chi connectivity index (χ0n) is 17.5. The monoisotopic (exact) mass is 418 g/mol. The molecule has 2 aromatic carbocycles. The van der Waals surface area contributed by atoms with Crippen LogP contribution in [-0.2, 0) is 0 Å². The summed E-state index contributed by atoms with van der Waals surface area (Å²) in [7, 11) is 0. The number of anilines is 1. The van der Waals surface area contributed by atoms with Crippen LogP contribution in [0.15, 0.2) is 78.2 Å². The molecule has 2 N–H and O–H groups in total. The Bertz CT molecular complexity index is 1470. The largest absolute Gasteiger partial charge is 0.382 e. The number of hydrogen-bond donors (Lipinski definition) is 1. The molecule has 0 aliphatic carbocycles. The van der Waals surface area contributed by atoms with Gasteiger partial charge in [0, 0.05) is 35.2 Å². The molecule has 1 aliphatic rings. The Labute approximate surface area is 185 Å². The number of aromatic nitrogens is 4. The first-order valence-corrected chi connectivity index (χ1v) is 10.8. The number of pyridine rings is 1. The summed E-state index contributed by atoms with van der Waals surface area (Å²) >= 11 is 0. The van der Waals surface area contributed by atoms with Crippen molar-refractivity contribution in [1.29, 1.82) is 0 Å². The Morgan fingerprint density at radius 1 is 0.938 bits per heavy atom. The Kier molecular flexibility index (Phi) is 4.42. The lowest BCUT2D eigenvalue weighted by molar-refractivity contribution is 0.618. The first kappa shape index (κ1) is 18.7. The standard InChI is InChI=1S/C26H22N6/c27-26-25-24(29-16-32(25)15-23(31-26)19-10-12-28-13-11-19)20-7-6-18-8-9-21(30-22(18)14-20)17-4-2-1-3-5-17/h1-9,12,14-16,19H,10-11,13H2,(H2,27,31). The van der Waals surface area contributed by atoms with Gasteiger partial charge in [0.2, 0.25) is 0 Å². The van der Waals surface area contributed by atoms with E-state index in [1.807, 2.05) is 35.1 Å². The van der Waals surface area contributed by atoms with Crippen LogP contribution in [0.4, 0.5) is 5.82 Å². The van der Waals surface area contributed by atoms with E-state index in [0.717, 1.165) is 64.0 Å². The van der Waals surface area contributed by atoms with Crippen molar-refractivity contribution in [2.75, 3.05) is 12.3 Å². The molecule has 0 saturated carbocycles. The SMILES string of the molecule is Nc1nc(C2CC=NCC2)cn2cnc(-c3ccc4ccc(-c5ccccc5)nc4c3)c12. The number of hydrogen-bond acceptors (Lipinski definition) is 5. The summed E-state index contributed by atoms with van der Waals surface area (Å²) in [5.74, 6) is 0.856. The Morgan fingerprint density at radius 3 is 2.66 bits per heavy atom. The number of aliphatic imine (C=N–C) groups is 1. The second-order valence-electron chi connectivity index (χ2n) is 8.18. The van der Waals surface area contributed by atoms with E-state index in [1.165, 1.54) is 0 Å². The number of benzene rings is 2. The summed E-state index contributed by atoms with van der Waals surface area (Å²) < 4.78 is 2.00. The normalized spacial score (nSPS) is 16.1. The van der Waals surface area contributed by atoms with Gasteiger partial charge in [0.05, 0.1) is 22.6 Å². The van der Waals surface area contributed by atoms with E-state index in [9.17, 15) is 0 Å². The molecule has 4 heterocycles. The average Bonchev–Trinajstić information content (AvgIpc) is 3.29. The van der Waals surface area contributed by atoms with Crippen LogP contribution in [0.1, 0.15) is 24.5 Å². The van der Waals surface area contributed by atoms with Crippen molar-refractivity contribution in [2.24, 2.45) is 4.99 Å². The number of nitrogen functional groups attached to an aromatic ring is 1. The molecular weight excluding hydrogens is 396 g/mol. The zero-order valence-corrected chi connectivity index (χ0v) is 17.5. The third-order valence-electron chi connectivity index (χ3n) is 6.14. The Hall–Kier alpha value is -4.06. The third-order valence-corrected chi connectivity index (χ3v) is 6.14. The molecule has 32 heavy (non-hydrogen) atoms. The van der Waals surface area contributed by atoms with E-state index >= 15 is 0 Å². The summed E-state index contributed by atoms with van der Waals surface area (Å²) in [6.07, 6.45) is 7.76. The number of fused-ring (bicyclic) bond motifs is 2. The van der Waals surface area contributed by atoms with Gasteiger partial charge < -0.3 is 10.1 Å². The summed E-state index contributed by atoms with van der Waals surface area (Å²) in [6.45, 7) is 0.842. The first-order valence-electron chi connectivity index (χ1n) is 10.8. The molecule has 1 aliphatic heterocycles. The van der Waals surface area contributed by atoms with Crippen molar-refractivity contribution in [1.82, 2.24) is 19.4 Å². The molecule has 156 valence electrons. The molecule has 1 atom stereocenters. The van der Waals surface area contributed by atoms with Gasteiger partial charge in [0.25, 0.3) is 0 Å². The van der Waals surface area contributed by atoms with Crippen LogP contribution >= 0.6 is 0 Å². The van der Waals surface area contributed by atoms with E-state index in [0.29, 0.717) is 11.7 Å². The van der Waals surface area contributed by atoms with Crippen molar-refractivity contribution in [3.05, 3.63) is 78.9 Å². The number of imidazole rings is 1. The van der Waals surface area contributed by atoms with Crippen LogP contribution in [0.25, 0.3) is 38.9 Å². The summed E-state index contributed by atoms with van der Waals surface area (Å²) in [4.78, 5) is 18.7. The molecule has 0 fully saturated rings. The lowest BCUT2D eigenvalue weighted by atomic mass is 9.96. The van der Waals surface area contributed by atoms with Gasteiger partial charge in [-0.25, -0.2) is 15.0 Å². The van der Waals surface area contributed by atoms with E-state index in [4.69, 9.17) is 15.7 Å². The summed E-state index contributed by atoms with van der Waals surface area (Å²) in [6, 6.07) is 20.6. The van der Waals surface area contributed by atoms with Gasteiger partial charge in [-0.3, -0.25) is 4.99 Å². The van der Waals surface area contributed by atoms with Crippen molar-refractivity contribution >= 4 is 28.5 Å². The van der Waals surface area contributed by atoms with Gasteiger partial charge >= 0.3 is 0 Å². The topological polar surface area (TPSA) is 81.5 Å². The molecule has 0 saturated heterocycles. The predicted molar refractivity (Wildman–Crippen MR) is 129 cm³/mol. The molecule has 6 rings (SSSR count). The molecule has 0 radical (unpaired) electrons. The van der Waals surface area contributed by atoms with Crippen molar-refractivity contribution in [3.63, 3.8) is 0 Å². The average molecular weight is 419 g/mol. The van der Waals surface area contributed by atoms with Gasteiger partial charge in [-0.05, 0) is 31.2 Å². The lowest BCUT2D eigenvalue weighted by Crippen LogP contribution is -2.11. The van der Waals surface area contributed by atoms with Crippen LogP contribution in [0.2, 0.25) is 0 Å². The summed E-state index contributed by atoms with van der Waals surface area (Å²) in [5, 5.41) is 1.09. The fraction of sp³-hybridized carbons (Fsp3) is 0.154. The second-order valence-corrected chi connectivity index (χ2v) is 8.18. The predicted octanol–water partition coefficient (Wildman–Crippen LogP) is 5.14. The van der Waals surface area contributed by atoms with E-state index in [-0.39, 0.29) is 0 Å². The Morgan fingerprint density at radius 2 is 1.81 bits per heavy atom. The minimum atomic E-state index is 0.353. The summed E-state index contributed by atoms with van der Waals surface area (Å²) in [5.41, 5.74) is 13.0. The van der Waals surface area contributed by atoms with Crippen LogP contribution < -0.4 is 5.73 Å². The highest BCUT2D eigenvalue weighted by Crippen LogP contribution is 2.32. The van der Waals surface area contributed by atoms with Gasteiger partial charge in [0.15, 0.2) is 0 Å². The van der Waals surface area contributed by atoms with E-state index in [2.05, 4.69) is 58.6 Å². The highest BCUT2D eigenvalue weighted by atomic mass is 15.0. The molecule has 6 nitrogen and oxygen atoms in total. The van der Waals surface area contributed by atoms with Gasteiger partial charge in [0.1, 0.15) is 17.7 Å². The number of nitrogens with zero attached hydrogens (tertiary/aromatic N) is 5. The number of nitrogens with two attached hydrogens (primary N) is 1. The van der Waals surface area contributed by atoms with Crippen molar-refractivity contribution in [3.8, 4) is 22.5 Å². The van der Waals surface area contributed by atoms with E-state index in [1.54, 1.807) is 0 Å². The van der Waals surface area contributed by atoms with Crippen LogP contribution in [-0.4, -0.2) is 32.1 Å². The van der Waals surface area contributed by atoms with Gasteiger partial charge in [-0.15, -0.1) is 0 Å². The fourth-order valence-electron chi connectivity index (χ4n) is 4.43. The quantitative estimate of drug-likeness (QED) is 0.440. The molecule has 1 unspecified atom stereocenters. The highest BCUT2D eigenvalue weighted by molar-refractivity contribution is 5.91. The first-order chi connectivity index (χ1) is 15.8. The maximum atomic E-state index is 6.44. The van der Waals surface area contributed by atoms with Crippen LogP contribution in [0, 0.1) is 0 Å². The van der Waals surface area contributed by atoms with Gasteiger partial charge in [-0.2, -0.15) is 0 Å². The molecular formula is C26H22N6. The minimum Gasteiger partial charge on any atom is -0.382 e. The van der Waals surface area contributed by atoms with Crippen LogP contribution in [0.5, 0.6) is 0 Å². The third kappa shape index (κ3) is 3.21. The molecule has 5 aromatic rings. The van der Waals surface area contributed by atoms with Crippen molar-refractivity contribution in [2.45, 2.75) is 18.8 Å². The fourth-order valence-corrected chi connectivity index (χ4v) is 4.43. The lowest BCUT2D eigenvalue weighted by Gasteiger charge is -2.17. The molecule has 0 spiro atoms. The zero-order chi connectivity index (χ0) is 21.5. The molecule has 0 bridgehead atoms. The smallest absolute Gasteiger partial charge is 0.150 e.